The van der Waals surface area contributed by atoms with E-state index in [4.69, 9.17) is 9.47 Å². The summed E-state index contributed by atoms with van der Waals surface area (Å²) in [5.41, 5.74) is 1.36. The van der Waals surface area contributed by atoms with Crippen LogP contribution in [0.15, 0.2) is 30.3 Å². The number of unbranched alkanes of at least 4 members (excludes halogenated alkanes) is 23. The summed E-state index contributed by atoms with van der Waals surface area (Å²) in [6.07, 6.45) is 41.1. The molecule has 1 unspecified atom stereocenters. The molecule has 0 aliphatic heterocycles. The molecular formula is C54H100N2O4S. The minimum Gasteiger partial charge on any atom is -0.462 e. The summed E-state index contributed by atoms with van der Waals surface area (Å²) in [5, 5.41) is 0. The Hall–Kier alpha value is -1.57. The van der Waals surface area contributed by atoms with E-state index >= 15 is 0 Å². The van der Waals surface area contributed by atoms with E-state index in [0.29, 0.717) is 12.8 Å². The number of carbonyl (C=O) groups excluding carboxylic acids is 2. The standard InChI is InChI=1S/C54H100N2O4S/c1-5-9-12-15-20-30-40-51(8-4)59-53(57)43-33-23-18-25-35-46-56(48-37-45-55-61-49-50-38-28-27-29-39-50)47-36-26-19-24-34-44-54(58)60-52(41-31-21-16-13-10-6-2)42-32-22-17-14-11-7-3/h27-29,38-39,51-52,55H,5-26,30-37,40-49H2,1-4H3. The van der Waals surface area contributed by atoms with Crippen molar-refractivity contribution in [3.8, 4) is 0 Å². The second-order valence-electron chi connectivity index (χ2n) is 18.2. The second-order valence-corrected chi connectivity index (χ2v) is 19.1. The van der Waals surface area contributed by atoms with Crippen LogP contribution in [0.4, 0.5) is 0 Å². The highest BCUT2D eigenvalue weighted by Crippen LogP contribution is 2.19. The molecule has 0 aliphatic carbocycles. The van der Waals surface area contributed by atoms with Gasteiger partial charge < -0.3 is 14.4 Å². The van der Waals surface area contributed by atoms with E-state index in [0.717, 1.165) is 89.7 Å². The highest BCUT2D eigenvalue weighted by atomic mass is 32.2. The number of benzene rings is 1. The van der Waals surface area contributed by atoms with Gasteiger partial charge in [-0.3, -0.25) is 14.3 Å². The number of carbonyl (C=O) groups is 2. The molecule has 1 atom stereocenters. The largest absolute Gasteiger partial charge is 0.462 e. The number of esters is 2. The number of hydrogen-bond donors (Lipinski definition) is 1. The Balaban J connectivity index is 2.36. The van der Waals surface area contributed by atoms with Gasteiger partial charge in [0.05, 0.1) is 0 Å². The summed E-state index contributed by atoms with van der Waals surface area (Å²) in [6.45, 7) is 13.4. The summed E-state index contributed by atoms with van der Waals surface area (Å²) >= 11 is 1.81. The molecule has 1 aromatic carbocycles. The van der Waals surface area contributed by atoms with Gasteiger partial charge in [0.1, 0.15) is 12.2 Å². The number of rotatable bonds is 47. The summed E-state index contributed by atoms with van der Waals surface area (Å²) in [6, 6.07) is 10.7. The zero-order chi connectivity index (χ0) is 44.1. The molecule has 0 bridgehead atoms. The van der Waals surface area contributed by atoms with Gasteiger partial charge in [-0.05, 0) is 102 Å². The third kappa shape index (κ3) is 38.6. The van der Waals surface area contributed by atoms with Gasteiger partial charge >= 0.3 is 11.9 Å². The molecule has 1 aromatic rings. The zero-order valence-corrected chi connectivity index (χ0v) is 41.6. The lowest BCUT2D eigenvalue weighted by Crippen LogP contribution is -2.29. The second kappa shape index (κ2) is 45.0. The van der Waals surface area contributed by atoms with Crippen molar-refractivity contribution in [2.75, 3.05) is 26.2 Å². The van der Waals surface area contributed by atoms with Gasteiger partial charge in [0.15, 0.2) is 0 Å². The molecule has 0 saturated carbocycles. The van der Waals surface area contributed by atoms with E-state index < -0.39 is 0 Å². The SMILES string of the molecule is CCCCCCCCC(CC)OC(=O)CCCCCCCN(CCCCCCCC(=O)OC(CCCCCCCC)CCCCCCCC)CCCNSCc1ccccc1. The predicted molar refractivity (Wildman–Crippen MR) is 266 cm³/mol. The molecule has 0 radical (unpaired) electrons. The van der Waals surface area contributed by atoms with Crippen LogP contribution in [0.3, 0.4) is 0 Å². The van der Waals surface area contributed by atoms with Crippen molar-refractivity contribution in [2.45, 2.75) is 270 Å². The van der Waals surface area contributed by atoms with Gasteiger partial charge in [-0.1, -0.05) is 205 Å². The third-order valence-corrected chi connectivity index (χ3v) is 13.2. The molecule has 0 heterocycles. The first kappa shape index (κ1) is 57.4. The fourth-order valence-corrected chi connectivity index (χ4v) is 9.07. The maximum absolute atomic E-state index is 12.9. The Morgan fingerprint density at radius 3 is 1.36 bits per heavy atom. The zero-order valence-electron chi connectivity index (χ0n) is 40.8. The lowest BCUT2D eigenvalue weighted by Gasteiger charge is -2.22. The van der Waals surface area contributed by atoms with E-state index in [1.807, 2.05) is 11.9 Å². The number of nitrogens with one attached hydrogen (secondary N) is 1. The molecule has 0 aliphatic rings. The lowest BCUT2D eigenvalue weighted by atomic mass is 10.0. The van der Waals surface area contributed by atoms with Crippen LogP contribution < -0.4 is 4.72 Å². The molecule has 0 spiro atoms. The van der Waals surface area contributed by atoms with Crippen LogP contribution in [0.1, 0.15) is 258 Å². The Bertz CT molecular complexity index is 1060. The molecular weight excluding hydrogens is 773 g/mol. The highest BCUT2D eigenvalue weighted by molar-refractivity contribution is 7.96. The van der Waals surface area contributed by atoms with Crippen molar-refractivity contribution in [3.63, 3.8) is 0 Å². The Morgan fingerprint density at radius 2 is 0.885 bits per heavy atom. The first-order valence-electron chi connectivity index (χ1n) is 26.5. The van der Waals surface area contributed by atoms with Crippen LogP contribution in [-0.4, -0.2) is 55.2 Å². The topological polar surface area (TPSA) is 67.9 Å². The molecule has 0 amide bonds. The molecule has 61 heavy (non-hydrogen) atoms. The van der Waals surface area contributed by atoms with Crippen LogP contribution in [0.2, 0.25) is 0 Å². The summed E-state index contributed by atoms with van der Waals surface area (Å²) in [7, 11) is 0. The fraction of sp³-hybridized carbons (Fsp3) is 0.852. The summed E-state index contributed by atoms with van der Waals surface area (Å²) in [4.78, 5) is 28.1. The van der Waals surface area contributed by atoms with Gasteiger partial charge in [-0.15, -0.1) is 0 Å². The molecule has 0 fully saturated rings. The van der Waals surface area contributed by atoms with Crippen LogP contribution in [0.5, 0.6) is 0 Å². The summed E-state index contributed by atoms with van der Waals surface area (Å²) < 4.78 is 15.5. The fourth-order valence-electron chi connectivity index (χ4n) is 8.32. The smallest absolute Gasteiger partial charge is 0.306 e. The van der Waals surface area contributed by atoms with Gasteiger partial charge in [0.2, 0.25) is 0 Å². The Kier molecular flexibility index (Phi) is 42.4. The molecule has 1 rings (SSSR count). The number of hydrogen-bond acceptors (Lipinski definition) is 7. The van der Waals surface area contributed by atoms with E-state index in [1.165, 1.54) is 160 Å². The van der Waals surface area contributed by atoms with Crippen molar-refractivity contribution < 1.29 is 19.1 Å². The first-order valence-corrected chi connectivity index (χ1v) is 27.5. The predicted octanol–water partition coefficient (Wildman–Crippen LogP) is 16.3. The van der Waals surface area contributed by atoms with E-state index in [2.05, 4.69) is 67.6 Å². The van der Waals surface area contributed by atoms with E-state index in [9.17, 15) is 9.59 Å². The minimum atomic E-state index is 0.00530. The molecule has 1 N–H and O–H groups in total. The molecule has 7 heteroatoms. The van der Waals surface area contributed by atoms with Crippen molar-refractivity contribution in [1.82, 2.24) is 9.62 Å². The quantitative estimate of drug-likeness (QED) is 0.0397. The minimum absolute atomic E-state index is 0.00530. The number of ether oxygens (including phenoxy) is 2. The van der Waals surface area contributed by atoms with E-state index in [-0.39, 0.29) is 24.1 Å². The third-order valence-electron chi connectivity index (χ3n) is 12.3. The molecule has 356 valence electrons. The monoisotopic (exact) mass is 873 g/mol. The highest BCUT2D eigenvalue weighted by Gasteiger charge is 2.15. The maximum atomic E-state index is 12.9. The van der Waals surface area contributed by atoms with Crippen molar-refractivity contribution >= 4 is 23.9 Å². The van der Waals surface area contributed by atoms with Gasteiger partial charge in [-0.25, -0.2) is 0 Å². The van der Waals surface area contributed by atoms with Gasteiger partial charge in [0.25, 0.3) is 0 Å². The average Bonchev–Trinajstić information content (AvgIpc) is 3.27. The average molecular weight is 873 g/mol. The molecule has 0 aromatic heterocycles. The maximum Gasteiger partial charge on any atom is 0.306 e. The summed E-state index contributed by atoms with van der Waals surface area (Å²) in [5.74, 6) is 1.04. The molecule has 6 nitrogen and oxygen atoms in total. The first-order chi connectivity index (χ1) is 30.0. The molecule has 0 saturated heterocycles. The van der Waals surface area contributed by atoms with Crippen LogP contribution >= 0.6 is 11.9 Å². The van der Waals surface area contributed by atoms with Crippen LogP contribution in [-0.2, 0) is 24.8 Å². The van der Waals surface area contributed by atoms with E-state index in [1.54, 1.807) is 0 Å². The Labute approximate surface area is 383 Å². The van der Waals surface area contributed by atoms with Crippen LogP contribution in [0.25, 0.3) is 0 Å². The van der Waals surface area contributed by atoms with Crippen molar-refractivity contribution in [3.05, 3.63) is 35.9 Å². The van der Waals surface area contributed by atoms with Gasteiger partial charge in [0, 0.05) is 25.1 Å². The van der Waals surface area contributed by atoms with Crippen LogP contribution in [0, 0.1) is 0 Å². The van der Waals surface area contributed by atoms with Crippen molar-refractivity contribution in [1.29, 1.82) is 0 Å². The Morgan fingerprint density at radius 1 is 0.492 bits per heavy atom. The van der Waals surface area contributed by atoms with Gasteiger partial charge in [-0.2, -0.15) is 0 Å². The van der Waals surface area contributed by atoms with Crippen molar-refractivity contribution in [2.24, 2.45) is 0 Å². The number of nitrogens with zero attached hydrogens (tertiary/aromatic N) is 1. The normalized spacial score (nSPS) is 12.1. The lowest BCUT2D eigenvalue weighted by molar-refractivity contribution is -0.150.